The fourth-order valence-corrected chi connectivity index (χ4v) is 2.40. The van der Waals surface area contributed by atoms with Crippen molar-refractivity contribution < 1.29 is 0 Å². The Balaban J connectivity index is 2.13. The molecule has 0 saturated carbocycles. The van der Waals surface area contributed by atoms with Crippen LogP contribution in [-0.2, 0) is 26.4 Å². The number of aromatic nitrogens is 1. The van der Waals surface area contributed by atoms with Crippen molar-refractivity contribution in [3.8, 4) is 0 Å². The summed E-state index contributed by atoms with van der Waals surface area (Å²) in [5.41, 5.74) is 10.8. The second-order valence-electron chi connectivity index (χ2n) is 5.17. The van der Waals surface area contributed by atoms with Crippen LogP contribution in [0.1, 0.15) is 30.5 Å². The van der Waals surface area contributed by atoms with Crippen LogP contribution in [0.25, 0.3) is 0 Å². The van der Waals surface area contributed by atoms with Gasteiger partial charge in [-0.2, -0.15) is 0 Å². The molecule has 0 bridgehead atoms. The molecule has 1 aromatic carbocycles. The van der Waals surface area contributed by atoms with Crippen LogP contribution in [0, 0.1) is 0 Å². The summed E-state index contributed by atoms with van der Waals surface area (Å²) in [4.78, 5) is 4.42. The molecule has 2 aromatic rings. The largest absolute Gasteiger partial charge is 0.370 e. The second-order valence-corrected chi connectivity index (χ2v) is 5.17. The number of hydrogen-bond donors (Lipinski definition) is 2. The molecule has 0 atom stereocenters. The van der Waals surface area contributed by atoms with Crippen molar-refractivity contribution >= 4 is 11.6 Å². The van der Waals surface area contributed by atoms with Gasteiger partial charge in [0.25, 0.3) is 0 Å². The normalized spacial score (nSPS) is 11.7. The average molecular weight is 284 g/mol. The van der Waals surface area contributed by atoms with Crippen LogP contribution in [0.2, 0.25) is 0 Å². The van der Waals surface area contributed by atoms with E-state index >= 15 is 0 Å². The summed E-state index contributed by atoms with van der Waals surface area (Å²) in [5.74, 6) is 0.467. The minimum Gasteiger partial charge on any atom is -0.370 e. The molecular weight excluding hydrogens is 260 g/mol. The molecule has 1 aromatic heterocycles. The molecule has 0 spiro atoms. The van der Waals surface area contributed by atoms with E-state index in [-0.39, 0.29) is 0 Å². The molecular formula is C17H24N4. The maximum absolute atomic E-state index is 6.04. The maximum Gasteiger partial charge on any atom is 0.193 e. The lowest BCUT2D eigenvalue weighted by Gasteiger charge is -2.14. The fraction of sp³-hybridized carbons (Fsp3) is 0.353. The van der Waals surface area contributed by atoms with Crippen LogP contribution in [0.5, 0.6) is 0 Å². The Labute approximate surface area is 126 Å². The number of benzene rings is 1. The summed E-state index contributed by atoms with van der Waals surface area (Å²) >= 11 is 0. The molecule has 0 aliphatic carbocycles. The molecule has 21 heavy (non-hydrogen) atoms. The van der Waals surface area contributed by atoms with E-state index in [1.807, 2.05) is 30.1 Å². The molecule has 0 aliphatic heterocycles. The van der Waals surface area contributed by atoms with Gasteiger partial charge in [-0.1, -0.05) is 32.0 Å². The first-order chi connectivity index (χ1) is 10.1. The van der Waals surface area contributed by atoms with Gasteiger partial charge in [0, 0.05) is 25.1 Å². The van der Waals surface area contributed by atoms with E-state index in [1.165, 1.54) is 11.1 Å². The summed E-state index contributed by atoms with van der Waals surface area (Å²) in [6.07, 6.45) is 6.01. The van der Waals surface area contributed by atoms with E-state index in [0.717, 1.165) is 24.1 Å². The molecule has 1 heterocycles. The van der Waals surface area contributed by atoms with Gasteiger partial charge in [-0.25, -0.2) is 4.99 Å². The smallest absolute Gasteiger partial charge is 0.193 e. The minimum absolute atomic E-state index is 0.467. The number of nitrogens with two attached hydrogens (primary N) is 1. The van der Waals surface area contributed by atoms with Gasteiger partial charge in [0.2, 0.25) is 0 Å². The van der Waals surface area contributed by atoms with Gasteiger partial charge in [-0.05, 0) is 35.6 Å². The summed E-state index contributed by atoms with van der Waals surface area (Å²) in [7, 11) is 2.00. The zero-order chi connectivity index (χ0) is 15.2. The fourth-order valence-electron chi connectivity index (χ4n) is 2.40. The summed E-state index contributed by atoms with van der Waals surface area (Å²) in [6.45, 7) is 4.89. The topological polar surface area (TPSA) is 55.3 Å². The van der Waals surface area contributed by atoms with Crippen molar-refractivity contribution in [2.45, 2.75) is 33.2 Å². The molecule has 0 radical (unpaired) electrons. The molecule has 0 aliphatic rings. The van der Waals surface area contributed by atoms with Gasteiger partial charge in [0.1, 0.15) is 0 Å². The Morgan fingerprint density at radius 3 is 2.38 bits per heavy atom. The quantitative estimate of drug-likeness (QED) is 0.655. The van der Waals surface area contributed by atoms with E-state index in [0.29, 0.717) is 12.5 Å². The zero-order valence-electron chi connectivity index (χ0n) is 13.1. The lowest BCUT2D eigenvalue weighted by atomic mass is 10.0. The number of guanidine groups is 1. The summed E-state index contributed by atoms with van der Waals surface area (Å²) in [5, 5.41) is 3.28. The van der Waals surface area contributed by atoms with Crippen molar-refractivity contribution in [2.24, 2.45) is 17.8 Å². The highest BCUT2D eigenvalue weighted by Crippen LogP contribution is 2.22. The third-order valence-corrected chi connectivity index (χ3v) is 3.58. The third kappa shape index (κ3) is 3.88. The first kappa shape index (κ1) is 15.2. The molecule has 112 valence electrons. The first-order valence-electron chi connectivity index (χ1n) is 7.42. The predicted molar refractivity (Wildman–Crippen MR) is 89.6 cm³/mol. The van der Waals surface area contributed by atoms with Gasteiger partial charge < -0.3 is 15.6 Å². The van der Waals surface area contributed by atoms with Crippen LogP contribution in [0.3, 0.4) is 0 Å². The van der Waals surface area contributed by atoms with Crippen LogP contribution in [0.4, 0.5) is 5.69 Å². The van der Waals surface area contributed by atoms with Crippen LogP contribution in [-0.4, -0.2) is 10.5 Å². The number of aryl methyl sites for hydroxylation is 3. The van der Waals surface area contributed by atoms with Gasteiger partial charge in [-0.3, -0.25) is 0 Å². The van der Waals surface area contributed by atoms with Crippen LogP contribution < -0.4 is 11.1 Å². The Hall–Kier alpha value is -2.23. The third-order valence-electron chi connectivity index (χ3n) is 3.58. The average Bonchev–Trinajstić information content (AvgIpc) is 2.91. The predicted octanol–water partition coefficient (Wildman–Crippen LogP) is 3.08. The second kappa shape index (κ2) is 6.97. The van der Waals surface area contributed by atoms with Crippen molar-refractivity contribution in [1.29, 1.82) is 0 Å². The SMILES string of the molecule is CCc1cccc(CC)c1NC(N)=NCc1ccn(C)c1. The standard InChI is InChI=1S/C17H24N4/c1-4-14-7-6-8-15(5-2)16(14)20-17(18)19-11-13-9-10-21(3)12-13/h6-10,12H,4-5,11H2,1-3H3,(H3,18,19,20). The highest BCUT2D eigenvalue weighted by atomic mass is 15.1. The van der Waals surface area contributed by atoms with Crippen LogP contribution >= 0.6 is 0 Å². The van der Waals surface area contributed by atoms with Gasteiger partial charge in [0.15, 0.2) is 5.96 Å². The van der Waals surface area contributed by atoms with E-state index in [4.69, 9.17) is 5.73 Å². The molecule has 4 heteroatoms. The maximum atomic E-state index is 6.04. The molecule has 3 N–H and O–H groups in total. The molecule has 0 saturated heterocycles. The minimum atomic E-state index is 0.467. The number of nitrogens with zero attached hydrogens (tertiary/aromatic N) is 2. The van der Waals surface area contributed by atoms with Crippen molar-refractivity contribution in [3.05, 3.63) is 53.3 Å². The Morgan fingerprint density at radius 1 is 1.19 bits per heavy atom. The molecule has 0 unspecified atom stereocenters. The molecule has 0 amide bonds. The number of para-hydroxylation sites is 1. The molecule has 0 fully saturated rings. The van der Waals surface area contributed by atoms with Crippen LogP contribution in [0.15, 0.2) is 41.7 Å². The van der Waals surface area contributed by atoms with Gasteiger partial charge in [0.05, 0.1) is 6.54 Å². The Morgan fingerprint density at radius 2 is 1.86 bits per heavy atom. The Bertz CT molecular complexity index is 603. The van der Waals surface area contributed by atoms with Crippen molar-refractivity contribution in [3.63, 3.8) is 0 Å². The highest BCUT2D eigenvalue weighted by Gasteiger charge is 2.07. The van der Waals surface area contributed by atoms with E-state index < -0.39 is 0 Å². The molecule has 2 rings (SSSR count). The zero-order valence-corrected chi connectivity index (χ0v) is 13.1. The molecule has 4 nitrogen and oxygen atoms in total. The number of aliphatic imine (C=N–C) groups is 1. The van der Waals surface area contributed by atoms with Gasteiger partial charge in [-0.15, -0.1) is 0 Å². The first-order valence-corrected chi connectivity index (χ1v) is 7.42. The monoisotopic (exact) mass is 284 g/mol. The number of anilines is 1. The van der Waals surface area contributed by atoms with E-state index in [1.54, 1.807) is 0 Å². The van der Waals surface area contributed by atoms with Crippen molar-refractivity contribution in [1.82, 2.24) is 4.57 Å². The van der Waals surface area contributed by atoms with Crippen molar-refractivity contribution in [2.75, 3.05) is 5.32 Å². The van der Waals surface area contributed by atoms with E-state index in [2.05, 4.69) is 42.4 Å². The number of rotatable bonds is 5. The highest BCUT2D eigenvalue weighted by molar-refractivity contribution is 5.93. The number of hydrogen-bond acceptors (Lipinski definition) is 1. The summed E-state index contributed by atoms with van der Waals surface area (Å²) < 4.78 is 2.01. The Kier molecular flexibility index (Phi) is 5.04. The lowest BCUT2D eigenvalue weighted by molar-refractivity contribution is 0.916. The number of nitrogens with one attached hydrogen (secondary N) is 1. The van der Waals surface area contributed by atoms with E-state index in [9.17, 15) is 0 Å². The summed E-state index contributed by atoms with van der Waals surface area (Å²) in [6, 6.07) is 8.41. The lowest BCUT2D eigenvalue weighted by Crippen LogP contribution is -2.24. The van der Waals surface area contributed by atoms with Gasteiger partial charge >= 0.3 is 0 Å².